The van der Waals surface area contributed by atoms with E-state index in [2.05, 4.69) is 25.6 Å². The van der Waals surface area contributed by atoms with E-state index in [1.165, 1.54) is 6.33 Å². The first kappa shape index (κ1) is 14.8. The van der Waals surface area contributed by atoms with Crippen LogP contribution in [0.5, 0.6) is 0 Å². The summed E-state index contributed by atoms with van der Waals surface area (Å²) in [6.07, 6.45) is 1.47. The van der Waals surface area contributed by atoms with Gasteiger partial charge in [-0.05, 0) is 24.6 Å². The smallest absolute Gasteiger partial charge is 0.160 e. The van der Waals surface area contributed by atoms with Gasteiger partial charge in [0.1, 0.15) is 17.8 Å². The average Bonchev–Trinajstić information content (AvgIpc) is 2.57. The van der Waals surface area contributed by atoms with Gasteiger partial charge in [0.05, 0.1) is 0 Å². The third-order valence-electron chi connectivity index (χ3n) is 3.32. The molecule has 0 unspecified atom stereocenters. The van der Waals surface area contributed by atoms with Crippen LogP contribution in [0.3, 0.4) is 0 Å². The Labute approximate surface area is 134 Å². The Bertz CT molecular complexity index is 788. The number of nitrogen functional groups attached to an aromatic ring is 1. The van der Waals surface area contributed by atoms with Crippen molar-refractivity contribution >= 4 is 23.1 Å². The van der Waals surface area contributed by atoms with Gasteiger partial charge in [-0.25, -0.2) is 15.0 Å². The van der Waals surface area contributed by atoms with E-state index in [4.69, 9.17) is 5.73 Å². The first-order valence-corrected chi connectivity index (χ1v) is 7.31. The minimum absolute atomic E-state index is 0.465. The number of benzene rings is 1. The Kier molecular flexibility index (Phi) is 4.33. The van der Waals surface area contributed by atoms with Crippen LogP contribution in [0.15, 0.2) is 54.9 Å². The third-order valence-corrected chi connectivity index (χ3v) is 3.32. The molecular formula is C17H18N6. The fourth-order valence-corrected chi connectivity index (χ4v) is 2.15. The molecule has 23 heavy (non-hydrogen) atoms. The first-order valence-electron chi connectivity index (χ1n) is 7.31. The molecule has 3 rings (SSSR count). The van der Waals surface area contributed by atoms with Crippen molar-refractivity contribution in [1.29, 1.82) is 0 Å². The minimum Gasteiger partial charge on any atom is -0.393 e. The number of aryl methyl sites for hydroxylation is 1. The number of pyridine rings is 1. The molecule has 6 nitrogen and oxygen atoms in total. The van der Waals surface area contributed by atoms with Gasteiger partial charge in [0.2, 0.25) is 0 Å². The normalized spacial score (nSPS) is 10.3. The number of aromatic nitrogens is 3. The highest BCUT2D eigenvalue weighted by atomic mass is 15.1. The average molecular weight is 306 g/mol. The van der Waals surface area contributed by atoms with Crippen molar-refractivity contribution in [3.05, 3.63) is 66.1 Å². The van der Waals surface area contributed by atoms with Crippen molar-refractivity contribution in [2.24, 2.45) is 0 Å². The van der Waals surface area contributed by atoms with Crippen LogP contribution in [0.4, 0.5) is 23.1 Å². The first-order chi connectivity index (χ1) is 11.2. The van der Waals surface area contributed by atoms with Crippen LogP contribution in [0.2, 0.25) is 0 Å². The predicted molar refractivity (Wildman–Crippen MR) is 92.5 cm³/mol. The van der Waals surface area contributed by atoms with E-state index in [1.807, 2.05) is 55.5 Å². The lowest BCUT2D eigenvalue weighted by atomic mass is 10.2. The molecule has 0 bridgehead atoms. The van der Waals surface area contributed by atoms with E-state index in [-0.39, 0.29) is 0 Å². The fourth-order valence-electron chi connectivity index (χ4n) is 2.15. The molecule has 0 saturated heterocycles. The maximum absolute atomic E-state index is 6.16. The van der Waals surface area contributed by atoms with Gasteiger partial charge in [-0.1, -0.05) is 36.4 Å². The van der Waals surface area contributed by atoms with E-state index in [1.54, 1.807) is 0 Å². The molecule has 0 spiro atoms. The van der Waals surface area contributed by atoms with E-state index >= 15 is 0 Å². The Morgan fingerprint density at radius 2 is 1.74 bits per heavy atom. The molecule has 0 saturated carbocycles. The van der Waals surface area contributed by atoms with Crippen LogP contribution in [0.1, 0.15) is 11.3 Å². The molecule has 0 amide bonds. The molecule has 4 N–H and O–H groups in total. The molecule has 0 atom stereocenters. The van der Waals surface area contributed by atoms with Crippen molar-refractivity contribution < 1.29 is 0 Å². The predicted octanol–water partition coefficient (Wildman–Crippen LogP) is 3.12. The molecule has 3 aromatic rings. The molecule has 6 heteroatoms. The van der Waals surface area contributed by atoms with Gasteiger partial charge in [-0.15, -0.1) is 0 Å². The molecule has 2 aromatic heterocycles. The summed E-state index contributed by atoms with van der Waals surface area (Å²) in [5.74, 6) is 1.83. The van der Waals surface area contributed by atoms with Gasteiger partial charge < -0.3 is 16.4 Å². The Hall–Kier alpha value is -3.15. The van der Waals surface area contributed by atoms with Crippen LogP contribution < -0.4 is 16.4 Å². The number of hydrogen-bond acceptors (Lipinski definition) is 6. The summed E-state index contributed by atoms with van der Waals surface area (Å²) in [5, 5.41) is 6.35. The summed E-state index contributed by atoms with van der Waals surface area (Å²) in [5.41, 5.74) is 8.69. The maximum Gasteiger partial charge on any atom is 0.160 e. The Morgan fingerprint density at radius 3 is 2.52 bits per heavy atom. The molecule has 0 radical (unpaired) electrons. The quantitative estimate of drug-likeness (QED) is 0.671. The van der Waals surface area contributed by atoms with Crippen LogP contribution in [-0.2, 0) is 6.54 Å². The van der Waals surface area contributed by atoms with Gasteiger partial charge >= 0.3 is 0 Å². The molecule has 0 aliphatic carbocycles. The highest BCUT2D eigenvalue weighted by Crippen LogP contribution is 2.25. The number of anilines is 4. The zero-order valence-electron chi connectivity index (χ0n) is 12.8. The van der Waals surface area contributed by atoms with Gasteiger partial charge in [0.25, 0.3) is 0 Å². The zero-order valence-corrected chi connectivity index (χ0v) is 12.8. The largest absolute Gasteiger partial charge is 0.393 e. The van der Waals surface area contributed by atoms with Gasteiger partial charge in [0.15, 0.2) is 11.6 Å². The standard InChI is InChI=1S/C17H18N6/c1-12-6-5-9-14(22-12)23-17-15(18)16(20-11-21-17)19-10-13-7-3-2-4-8-13/h2-9,11H,10,18H2,1H3,(H2,19,20,21,22,23). The highest BCUT2D eigenvalue weighted by molar-refractivity contribution is 5.76. The summed E-state index contributed by atoms with van der Waals surface area (Å²) in [4.78, 5) is 12.8. The molecule has 0 aliphatic rings. The van der Waals surface area contributed by atoms with Crippen molar-refractivity contribution in [3.63, 3.8) is 0 Å². The number of rotatable bonds is 5. The van der Waals surface area contributed by atoms with Crippen molar-refractivity contribution in [1.82, 2.24) is 15.0 Å². The second-order valence-electron chi connectivity index (χ2n) is 5.11. The van der Waals surface area contributed by atoms with Crippen molar-refractivity contribution in [2.75, 3.05) is 16.4 Å². The third kappa shape index (κ3) is 3.74. The van der Waals surface area contributed by atoms with Crippen LogP contribution in [0.25, 0.3) is 0 Å². The summed E-state index contributed by atoms with van der Waals surface area (Å²) in [7, 11) is 0. The minimum atomic E-state index is 0.465. The molecule has 2 heterocycles. The molecule has 116 valence electrons. The van der Waals surface area contributed by atoms with Gasteiger partial charge in [0, 0.05) is 12.2 Å². The molecule has 0 fully saturated rings. The lowest BCUT2D eigenvalue weighted by molar-refractivity contribution is 1.08. The summed E-state index contributed by atoms with van der Waals surface area (Å²) in [6.45, 7) is 2.57. The summed E-state index contributed by atoms with van der Waals surface area (Å²) >= 11 is 0. The number of nitrogens with zero attached hydrogens (tertiary/aromatic N) is 3. The van der Waals surface area contributed by atoms with Crippen LogP contribution in [-0.4, -0.2) is 15.0 Å². The topological polar surface area (TPSA) is 88.8 Å². The monoisotopic (exact) mass is 306 g/mol. The SMILES string of the molecule is Cc1cccc(Nc2ncnc(NCc3ccccc3)c2N)n1. The number of nitrogens with two attached hydrogens (primary N) is 1. The van der Waals surface area contributed by atoms with Gasteiger partial charge in [-0.3, -0.25) is 0 Å². The van der Waals surface area contributed by atoms with E-state index in [0.29, 0.717) is 29.7 Å². The summed E-state index contributed by atoms with van der Waals surface area (Å²) in [6, 6.07) is 15.8. The van der Waals surface area contributed by atoms with Crippen molar-refractivity contribution in [2.45, 2.75) is 13.5 Å². The highest BCUT2D eigenvalue weighted by Gasteiger charge is 2.08. The lowest BCUT2D eigenvalue weighted by Crippen LogP contribution is -2.08. The Balaban J connectivity index is 1.75. The molecule has 0 aliphatic heterocycles. The second kappa shape index (κ2) is 6.74. The Morgan fingerprint density at radius 1 is 0.957 bits per heavy atom. The maximum atomic E-state index is 6.16. The number of nitrogens with one attached hydrogen (secondary N) is 2. The lowest BCUT2D eigenvalue weighted by Gasteiger charge is -2.12. The van der Waals surface area contributed by atoms with E-state index in [9.17, 15) is 0 Å². The van der Waals surface area contributed by atoms with E-state index < -0.39 is 0 Å². The number of hydrogen-bond donors (Lipinski definition) is 3. The fraction of sp³-hybridized carbons (Fsp3) is 0.118. The van der Waals surface area contributed by atoms with E-state index in [0.717, 1.165) is 11.3 Å². The zero-order chi connectivity index (χ0) is 16.1. The van der Waals surface area contributed by atoms with Crippen molar-refractivity contribution in [3.8, 4) is 0 Å². The summed E-state index contributed by atoms with van der Waals surface area (Å²) < 4.78 is 0. The molecule has 1 aromatic carbocycles. The van der Waals surface area contributed by atoms with Crippen LogP contribution in [0, 0.1) is 6.92 Å². The van der Waals surface area contributed by atoms with Gasteiger partial charge in [-0.2, -0.15) is 0 Å². The molecular weight excluding hydrogens is 288 g/mol. The van der Waals surface area contributed by atoms with Crippen LogP contribution >= 0.6 is 0 Å². The second-order valence-corrected chi connectivity index (χ2v) is 5.11.